The fourth-order valence-electron chi connectivity index (χ4n) is 2.22. The minimum absolute atomic E-state index is 0.0187. The number of nitrogens with zero attached hydrogens (tertiary/aromatic N) is 1. The zero-order chi connectivity index (χ0) is 15.2. The number of rotatable bonds is 6. The third-order valence-electron chi connectivity index (χ3n) is 3.24. The predicted octanol–water partition coefficient (Wildman–Crippen LogP) is 2.31. The number of benzene rings is 1. The highest BCUT2D eigenvalue weighted by Crippen LogP contribution is 2.32. The Bertz CT molecular complexity index is 620. The minimum Gasteiger partial charge on any atom is -0.493 e. The maximum Gasteiger partial charge on any atom is 0.216 e. The van der Waals surface area contributed by atoms with Gasteiger partial charge < -0.3 is 19.4 Å². The standard InChI is InChI=1S/C16H20N2O3/c1-12(19)17-8-10-18-9-4-5-14(18)13-6-7-15(20-2)16(11-13)21-3/h4-7,9,11H,8,10H2,1-3H3,(H,17,19). The van der Waals surface area contributed by atoms with Crippen LogP contribution >= 0.6 is 0 Å². The van der Waals surface area contributed by atoms with E-state index in [1.165, 1.54) is 6.92 Å². The van der Waals surface area contributed by atoms with Crippen molar-refractivity contribution >= 4 is 5.91 Å². The van der Waals surface area contributed by atoms with Crippen molar-refractivity contribution in [1.82, 2.24) is 9.88 Å². The van der Waals surface area contributed by atoms with Gasteiger partial charge in [-0.05, 0) is 30.3 Å². The summed E-state index contributed by atoms with van der Waals surface area (Å²) in [6, 6.07) is 9.85. The Hall–Kier alpha value is -2.43. The van der Waals surface area contributed by atoms with Crippen LogP contribution in [-0.2, 0) is 11.3 Å². The SMILES string of the molecule is COc1ccc(-c2cccn2CCNC(C)=O)cc1OC. The normalized spacial score (nSPS) is 10.2. The number of aromatic nitrogens is 1. The van der Waals surface area contributed by atoms with Gasteiger partial charge in [-0.25, -0.2) is 0 Å². The van der Waals surface area contributed by atoms with Gasteiger partial charge in [-0.15, -0.1) is 0 Å². The summed E-state index contributed by atoms with van der Waals surface area (Å²) in [6.07, 6.45) is 1.99. The fraction of sp³-hybridized carbons (Fsp3) is 0.312. The lowest BCUT2D eigenvalue weighted by atomic mass is 10.1. The molecule has 0 saturated heterocycles. The first-order chi connectivity index (χ1) is 10.2. The largest absolute Gasteiger partial charge is 0.493 e. The molecule has 0 spiro atoms. The summed E-state index contributed by atoms with van der Waals surface area (Å²) in [5, 5.41) is 2.80. The Labute approximate surface area is 124 Å². The molecule has 0 radical (unpaired) electrons. The molecule has 1 amide bonds. The summed E-state index contributed by atoms with van der Waals surface area (Å²) < 4.78 is 12.7. The lowest BCUT2D eigenvalue weighted by molar-refractivity contribution is -0.118. The molecule has 2 aromatic rings. The van der Waals surface area contributed by atoms with E-state index in [0.29, 0.717) is 18.0 Å². The van der Waals surface area contributed by atoms with E-state index in [2.05, 4.69) is 9.88 Å². The van der Waals surface area contributed by atoms with Gasteiger partial charge in [0.25, 0.3) is 0 Å². The van der Waals surface area contributed by atoms with E-state index >= 15 is 0 Å². The highest BCUT2D eigenvalue weighted by Gasteiger charge is 2.09. The minimum atomic E-state index is -0.0187. The zero-order valence-corrected chi connectivity index (χ0v) is 12.6. The van der Waals surface area contributed by atoms with Crippen LogP contribution in [0.4, 0.5) is 0 Å². The molecule has 0 unspecified atom stereocenters. The first-order valence-corrected chi connectivity index (χ1v) is 6.77. The van der Waals surface area contributed by atoms with Crippen LogP contribution in [0.25, 0.3) is 11.3 Å². The van der Waals surface area contributed by atoms with E-state index in [0.717, 1.165) is 17.8 Å². The van der Waals surface area contributed by atoms with Crippen molar-refractivity contribution in [3.8, 4) is 22.8 Å². The molecule has 1 aromatic carbocycles. The van der Waals surface area contributed by atoms with Gasteiger partial charge in [-0.2, -0.15) is 0 Å². The monoisotopic (exact) mass is 288 g/mol. The Morgan fingerprint density at radius 3 is 2.62 bits per heavy atom. The lowest BCUT2D eigenvalue weighted by Gasteiger charge is -2.12. The molecule has 2 rings (SSSR count). The van der Waals surface area contributed by atoms with Gasteiger partial charge in [0.2, 0.25) is 5.91 Å². The predicted molar refractivity (Wildman–Crippen MR) is 81.7 cm³/mol. The lowest BCUT2D eigenvalue weighted by Crippen LogP contribution is -2.24. The molecule has 0 atom stereocenters. The molecular weight excluding hydrogens is 268 g/mol. The van der Waals surface area contributed by atoms with Crippen LogP contribution in [-0.4, -0.2) is 31.2 Å². The molecule has 0 aliphatic carbocycles. The molecular formula is C16H20N2O3. The second-order valence-electron chi connectivity index (χ2n) is 4.64. The van der Waals surface area contributed by atoms with E-state index in [9.17, 15) is 4.79 Å². The van der Waals surface area contributed by atoms with Crippen LogP contribution in [0.1, 0.15) is 6.92 Å². The van der Waals surface area contributed by atoms with Crippen molar-refractivity contribution in [2.75, 3.05) is 20.8 Å². The smallest absolute Gasteiger partial charge is 0.216 e. The maximum absolute atomic E-state index is 10.9. The summed E-state index contributed by atoms with van der Waals surface area (Å²) in [6.45, 7) is 2.84. The van der Waals surface area contributed by atoms with Crippen molar-refractivity contribution in [2.45, 2.75) is 13.5 Å². The summed E-state index contributed by atoms with van der Waals surface area (Å²) >= 11 is 0. The van der Waals surface area contributed by atoms with Crippen LogP contribution in [0.2, 0.25) is 0 Å². The van der Waals surface area contributed by atoms with E-state index in [1.54, 1.807) is 14.2 Å². The summed E-state index contributed by atoms with van der Waals surface area (Å²) in [5.74, 6) is 1.39. The maximum atomic E-state index is 10.9. The highest BCUT2D eigenvalue weighted by molar-refractivity contribution is 5.72. The van der Waals surface area contributed by atoms with Gasteiger partial charge in [-0.1, -0.05) is 0 Å². The number of hydrogen-bond acceptors (Lipinski definition) is 3. The molecule has 1 heterocycles. The molecule has 21 heavy (non-hydrogen) atoms. The van der Waals surface area contributed by atoms with Crippen molar-refractivity contribution in [3.05, 3.63) is 36.5 Å². The molecule has 5 nitrogen and oxygen atoms in total. The van der Waals surface area contributed by atoms with E-state index < -0.39 is 0 Å². The van der Waals surface area contributed by atoms with Gasteiger partial charge >= 0.3 is 0 Å². The number of nitrogens with one attached hydrogen (secondary N) is 1. The molecule has 0 saturated carbocycles. The highest BCUT2D eigenvalue weighted by atomic mass is 16.5. The van der Waals surface area contributed by atoms with Crippen LogP contribution < -0.4 is 14.8 Å². The molecule has 0 fully saturated rings. The van der Waals surface area contributed by atoms with Gasteiger partial charge in [0.05, 0.1) is 14.2 Å². The van der Waals surface area contributed by atoms with E-state index in [-0.39, 0.29) is 5.91 Å². The Morgan fingerprint density at radius 2 is 1.95 bits per heavy atom. The fourth-order valence-corrected chi connectivity index (χ4v) is 2.22. The third kappa shape index (κ3) is 3.56. The number of carbonyl (C=O) groups excluding carboxylic acids is 1. The average molecular weight is 288 g/mol. The van der Waals surface area contributed by atoms with Crippen molar-refractivity contribution < 1.29 is 14.3 Å². The van der Waals surface area contributed by atoms with Gasteiger partial charge in [0, 0.05) is 37.5 Å². The van der Waals surface area contributed by atoms with E-state index in [4.69, 9.17) is 9.47 Å². The van der Waals surface area contributed by atoms with Crippen LogP contribution in [0.3, 0.4) is 0 Å². The molecule has 5 heteroatoms. The number of hydrogen-bond donors (Lipinski definition) is 1. The van der Waals surface area contributed by atoms with Crippen molar-refractivity contribution in [1.29, 1.82) is 0 Å². The summed E-state index contributed by atoms with van der Waals surface area (Å²) in [4.78, 5) is 10.9. The third-order valence-corrected chi connectivity index (χ3v) is 3.24. The van der Waals surface area contributed by atoms with Crippen LogP contribution in [0.5, 0.6) is 11.5 Å². The van der Waals surface area contributed by atoms with Gasteiger partial charge in [0.15, 0.2) is 11.5 Å². The van der Waals surface area contributed by atoms with Crippen molar-refractivity contribution in [2.24, 2.45) is 0 Å². The quantitative estimate of drug-likeness (QED) is 0.887. The van der Waals surface area contributed by atoms with Crippen LogP contribution in [0, 0.1) is 0 Å². The second-order valence-corrected chi connectivity index (χ2v) is 4.64. The number of ether oxygens (including phenoxy) is 2. The molecule has 0 aliphatic heterocycles. The van der Waals surface area contributed by atoms with Crippen LogP contribution in [0.15, 0.2) is 36.5 Å². The van der Waals surface area contributed by atoms with Gasteiger partial charge in [-0.3, -0.25) is 4.79 Å². The number of amides is 1. The first kappa shape index (κ1) is 15.0. The molecule has 1 aromatic heterocycles. The zero-order valence-electron chi connectivity index (χ0n) is 12.6. The number of methoxy groups -OCH3 is 2. The number of carbonyl (C=O) groups is 1. The Balaban J connectivity index is 2.22. The summed E-state index contributed by atoms with van der Waals surface area (Å²) in [7, 11) is 3.24. The topological polar surface area (TPSA) is 52.5 Å². The summed E-state index contributed by atoms with van der Waals surface area (Å²) in [5.41, 5.74) is 2.11. The second kappa shape index (κ2) is 6.83. The molecule has 1 N–H and O–H groups in total. The Morgan fingerprint density at radius 1 is 1.19 bits per heavy atom. The van der Waals surface area contributed by atoms with Gasteiger partial charge in [0.1, 0.15) is 0 Å². The molecule has 0 bridgehead atoms. The molecule has 112 valence electrons. The van der Waals surface area contributed by atoms with E-state index in [1.807, 2.05) is 36.5 Å². The first-order valence-electron chi connectivity index (χ1n) is 6.77. The molecule has 0 aliphatic rings. The average Bonchev–Trinajstić information content (AvgIpc) is 2.94. The van der Waals surface area contributed by atoms with Crippen molar-refractivity contribution in [3.63, 3.8) is 0 Å². The Kier molecular flexibility index (Phi) is 4.87.